The summed E-state index contributed by atoms with van der Waals surface area (Å²) < 4.78 is 3.54. The van der Waals surface area contributed by atoms with Crippen molar-refractivity contribution in [3.05, 3.63) is 126 Å². The van der Waals surface area contributed by atoms with E-state index in [0.717, 1.165) is 27.0 Å². The lowest BCUT2D eigenvalue weighted by molar-refractivity contribution is 0.661. The summed E-state index contributed by atoms with van der Waals surface area (Å²) in [6, 6.07) is 41.3. The normalized spacial score (nSPS) is 13.8. The number of rotatable bonds is 2. The Morgan fingerprint density at radius 3 is 2.24 bits per heavy atom. The molecule has 0 unspecified atom stereocenters. The number of para-hydroxylation sites is 1. The highest BCUT2D eigenvalue weighted by Crippen LogP contribution is 2.52. The van der Waals surface area contributed by atoms with Crippen LogP contribution in [0.5, 0.6) is 0 Å². The molecule has 3 heterocycles. The van der Waals surface area contributed by atoms with Crippen LogP contribution < -0.4 is 0 Å². The first-order valence-electron chi connectivity index (χ1n) is 14.0. The standard InChI is InChI=1S/C37H25N3S/c1-37(2)27-17-9-6-15-25(27)31-28(37)21-20-24-23-14-7-10-18-29(23)40(34(24)31)36-38-33(22-12-4-3-5-13-22)32-26-16-8-11-19-30(26)41-35(32)39-36/h3-21H,1-2H3. The summed E-state index contributed by atoms with van der Waals surface area (Å²) in [4.78, 5) is 11.8. The molecule has 3 aromatic heterocycles. The van der Waals surface area contributed by atoms with Crippen molar-refractivity contribution < 1.29 is 0 Å². The van der Waals surface area contributed by atoms with Gasteiger partial charge < -0.3 is 0 Å². The molecule has 194 valence electrons. The lowest BCUT2D eigenvalue weighted by Gasteiger charge is -2.21. The summed E-state index contributed by atoms with van der Waals surface area (Å²) >= 11 is 1.74. The zero-order valence-corrected chi connectivity index (χ0v) is 23.5. The van der Waals surface area contributed by atoms with Crippen LogP contribution in [0.3, 0.4) is 0 Å². The van der Waals surface area contributed by atoms with E-state index in [1.54, 1.807) is 11.3 Å². The summed E-state index contributed by atoms with van der Waals surface area (Å²) in [5.74, 6) is 0.713. The molecule has 5 aromatic carbocycles. The van der Waals surface area contributed by atoms with Crippen molar-refractivity contribution in [2.75, 3.05) is 0 Å². The first-order valence-corrected chi connectivity index (χ1v) is 14.8. The van der Waals surface area contributed by atoms with Crippen LogP contribution in [0.1, 0.15) is 25.0 Å². The third-order valence-corrected chi connectivity index (χ3v) is 9.92. The first kappa shape index (κ1) is 23.0. The second-order valence-corrected chi connectivity index (χ2v) is 12.5. The Morgan fingerprint density at radius 2 is 1.37 bits per heavy atom. The number of nitrogens with zero attached hydrogens (tertiary/aromatic N) is 3. The quantitative estimate of drug-likeness (QED) is 0.217. The van der Waals surface area contributed by atoms with Gasteiger partial charge >= 0.3 is 0 Å². The fourth-order valence-corrected chi connectivity index (χ4v) is 8.04. The van der Waals surface area contributed by atoms with Crippen LogP contribution in [0.4, 0.5) is 0 Å². The molecule has 9 rings (SSSR count). The smallest absolute Gasteiger partial charge is 0.236 e. The number of aromatic nitrogens is 3. The van der Waals surface area contributed by atoms with Crippen molar-refractivity contribution in [1.82, 2.24) is 14.5 Å². The molecule has 1 aliphatic rings. The molecule has 0 bridgehead atoms. The summed E-state index contributed by atoms with van der Waals surface area (Å²) in [7, 11) is 0. The van der Waals surface area contributed by atoms with Crippen LogP contribution in [0, 0.1) is 0 Å². The molecule has 0 N–H and O–H groups in total. The summed E-state index contributed by atoms with van der Waals surface area (Å²) in [5, 5.41) is 4.77. The summed E-state index contributed by atoms with van der Waals surface area (Å²) in [5.41, 5.74) is 9.59. The van der Waals surface area contributed by atoms with Crippen LogP contribution in [-0.2, 0) is 5.41 Å². The Kier molecular flexibility index (Phi) is 4.55. The fraction of sp³-hybridized carbons (Fsp3) is 0.0811. The van der Waals surface area contributed by atoms with Gasteiger partial charge in [0.2, 0.25) is 5.95 Å². The van der Waals surface area contributed by atoms with Gasteiger partial charge in [-0.1, -0.05) is 117 Å². The second kappa shape index (κ2) is 8.12. The third-order valence-electron chi connectivity index (χ3n) is 8.85. The predicted octanol–water partition coefficient (Wildman–Crippen LogP) is 9.91. The highest BCUT2D eigenvalue weighted by molar-refractivity contribution is 7.25. The Bertz CT molecular complexity index is 2340. The van der Waals surface area contributed by atoms with E-state index in [4.69, 9.17) is 9.97 Å². The van der Waals surface area contributed by atoms with Crippen molar-refractivity contribution in [3.8, 4) is 28.3 Å². The van der Waals surface area contributed by atoms with Gasteiger partial charge in [0.1, 0.15) is 4.83 Å². The van der Waals surface area contributed by atoms with E-state index in [1.165, 1.54) is 48.6 Å². The van der Waals surface area contributed by atoms with Gasteiger partial charge in [-0.2, -0.15) is 0 Å². The highest BCUT2D eigenvalue weighted by atomic mass is 32.1. The molecule has 0 atom stereocenters. The summed E-state index contributed by atoms with van der Waals surface area (Å²) in [6.45, 7) is 4.67. The van der Waals surface area contributed by atoms with Gasteiger partial charge in [0, 0.05) is 42.8 Å². The first-order chi connectivity index (χ1) is 20.1. The molecule has 0 spiro atoms. The lowest BCUT2D eigenvalue weighted by atomic mass is 9.82. The minimum atomic E-state index is -0.0904. The minimum Gasteiger partial charge on any atom is -0.277 e. The van der Waals surface area contributed by atoms with E-state index in [0.29, 0.717) is 5.95 Å². The van der Waals surface area contributed by atoms with Crippen molar-refractivity contribution in [1.29, 1.82) is 0 Å². The molecular formula is C37H25N3S. The molecular weight excluding hydrogens is 518 g/mol. The maximum atomic E-state index is 5.41. The Balaban J connectivity index is 1.47. The Morgan fingerprint density at radius 1 is 0.634 bits per heavy atom. The van der Waals surface area contributed by atoms with E-state index >= 15 is 0 Å². The molecule has 1 aliphatic carbocycles. The van der Waals surface area contributed by atoms with Crippen molar-refractivity contribution in [3.63, 3.8) is 0 Å². The fourth-order valence-electron chi connectivity index (χ4n) is 6.97. The maximum absolute atomic E-state index is 5.41. The lowest BCUT2D eigenvalue weighted by Crippen LogP contribution is -2.14. The highest BCUT2D eigenvalue weighted by Gasteiger charge is 2.37. The van der Waals surface area contributed by atoms with E-state index < -0.39 is 0 Å². The topological polar surface area (TPSA) is 30.7 Å². The van der Waals surface area contributed by atoms with Crippen LogP contribution >= 0.6 is 11.3 Å². The SMILES string of the molecule is CC1(C)c2ccccc2-c2c1ccc1c3ccccc3n(-c3nc(-c4ccccc4)c4c(n3)sc3ccccc34)c21. The number of thiophene rings is 1. The average molecular weight is 544 g/mol. The van der Waals surface area contributed by atoms with E-state index in [2.05, 4.69) is 134 Å². The van der Waals surface area contributed by atoms with Gasteiger partial charge in [-0.05, 0) is 28.8 Å². The molecule has 0 radical (unpaired) electrons. The zero-order valence-electron chi connectivity index (χ0n) is 22.7. The largest absolute Gasteiger partial charge is 0.277 e. The maximum Gasteiger partial charge on any atom is 0.236 e. The molecule has 41 heavy (non-hydrogen) atoms. The van der Waals surface area contributed by atoms with Crippen LogP contribution in [0.15, 0.2) is 115 Å². The van der Waals surface area contributed by atoms with Gasteiger partial charge in [0.25, 0.3) is 0 Å². The van der Waals surface area contributed by atoms with Crippen molar-refractivity contribution in [2.24, 2.45) is 0 Å². The number of fused-ring (bicyclic) bond motifs is 10. The molecule has 8 aromatic rings. The molecule has 0 aliphatic heterocycles. The van der Waals surface area contributed by atoms with Gasteiger partial charge in [-0.3, -0.25) is 4.57 Å². The number of hydrogen-bond donors (Lipinski definition) is 0. The molecule has 4 heteroatoms. The van der Waals surface area contributed by atoms with Gasteiger partial charge in [0.05, 0.1) is 16.7 Å². The molecule has 0 fully saturated rings. The van der Waals surface area contributed by atoms with Crippen molar-refractivity contribution in [2.45, 2.75) is 19.3 Å². The second-order valence-electron chi connectivity index (χ2n) is 11.4. The zero-order chi connectivity index (χ0) is 27.3. The van der Waals surface area contributed by atoms with Gasteiger partial charge in [-0.15, -0.1) is 11.3 Å². The Hall–Kier alpha value is -4.80. The van der Waals surface area contributed by atoms with Gasteiger partial charge in [-0.25, -0.2) is 9.97 Å². The van der Waals surface area contributed by atoms with E-state index in [9.17, 15) is 0 Å². The van der Waals surface area contributed by atoms with E-state index in [-0.39, 0.29) is 5.41 Å². The molecule has 0 amide bonds. The van der Waals surface area contributed by atoms with E-state index in [1.807, 2.05) is 0 Å². The average Bonchev–Trinajstić information content (AvgIpc) is 3.63. The summed E-state index contributed by atoms with van der Waals surface area (Å²) in [6.07, 6.45) is 0. The van der Waals surface area contributed by atoms with Crippen LogP contribution in [0.2, 0.25) is 0 Å². The van der Waals surface area contributed by atoms with Crippen LogP contribution in [0.25, 0.3) is 70.4 Å². The predicted molar refractivity (Wildman–Crippen MR) is 172 cm³/mol. The molecule has 0 saturated carbocycles. The number of benzene rings is 5. The molecule has 3 nitrogen and oxygen atoms in total. The minimum absolute atomic E-state index is 0.0904. The van der Waals surface area contributed by atoms with Crippen molar-refractivity contribution >= 4 is 53.4 Å². The molecule has 0 saturated heterocycles. The Labute approximate surface area is 241 Å². The van der Waals surface area contributed by atoms with Crippen LogP contribution in [-0.4, -0.2) is 14.5 Å². The number of hydrogen-bond acceptors (Lipinski definition) is 3. The third kappa shape index (κ3) is 3.03. The van der Waals surface area contributed by atoms with Gasteiger partial charge in [0.15, 0.2) is 0 Å². The monoisotopic (exact) mass is 543 g/mol.